The summed E-state index contributed by atoms with van der Waals surface area (Å²) in [5, 5.41) is 12.1. The van der Waals surface area contributed by atoms with E-state index in [4.69, 9.17) is 5.26 Å². The van der Waals surface area contributed by atoms with Crippen LogP contribution in [0.2, 0.25) is 0 Å². The summed E-state index contributed by atoms with van der Waals surface area (Å²) >= 11 is 0. The van der Waals surface area contributed by atoms with E-state index < -0.39 is 11.6 Å². The number of halogens is 2. The van der Waals surface area contributed by atoms with E-state index in [1.165, 1.54) is 6.07 Å². The van der Waals surface area contributed by atoms with E-state index in [1.54, 1.807) is 6.07 Å². The topological polar surface area (TPSA) is 35.8 Å². The number of hydrogen-bond donors (Lipinski definition) is 1. The maximum absolute atomic E-state index is 12.9. The molecule has 0 heterocycles. The summed E-state index contributed by atoms with van der Waals surface area (Å²) in [5.74, 6) is -1.35. The number of nitrogens with zero attached hydrogens (tertiary/aromatic N) is 1. The fourth-order valence-corrected chi connectivity index (χ4v) is 1.62. The zero-order valence-corrected chi connectivity index (χ0v) is 10.7. The van der Waals surface area contributed by atoms with E-state index in [9.17, 15) is 8.78 Å². The van der Waals surface area contributed by atoms with Crippen LogP contribution in [0.15, 0.2) is 18.2 Å². The van der Waals surface area contributed by atoms with Gasteiger partial charge in [-0.15, -0.1) is 0 Å². The van der Waals surface area contributed by atoms with Gasteiger partial charge in [-0.1, -0.05) is 19.9 Å². The Hall–Kier alpha value is -1.47. The fraction of sp³-hybridized carbons (Fsp3) is 0.500. The van der Waals surface area contributed by atoms with Gasteiger partial charge in [0.15, 0.2) is 11.6 Å². The molecule has 1 aromatic rings. The smallest absolute Gasteiger partial charge is 0.159 e. The molecule has 1 atom stereocenters. The minimum atomic E-state index is -0.823. The predicted octanol–water partition coefficient (Wildman–Crippen LogP) is 2.89. The van der Waals surface area contributed by atoms with E-state index in [0.717, 1.165) is 11.6 Å². The van der Waals surface area contributed by atoms with Crippen molar-refractivity contribution in [1.82, 2.24) is 5.32 Å². The molecule has 0 spiro atoms. The van der Waals surface area contributed by atoms with Gasteiger partial charge in [0.1, 0.15) is 0 Å². The fourth-order valence-electron chi connectivity index (χ4n) is 1.62. The number of benzene rings is 1. The van der Waals surface area contributed by atoms with Crippen LogP contribution in [0.25, 0.3) is 0 Å². The van der Waals surface area contributed by atoms with Gasteiger partial charge in [0.05, 0.1) is 12.0 Å². The van der Waals surface area contributed by atoms with Gasteiger partial charge >= 0.3 is 0 Å². The quantitative estimate of drug-likeness (QED) is 0.790. The summed E-state index contributed by atoms with van der Waals surface area (Å²) in [5.41, 5.74) is 0.749. The average molecular weight is 252 g/mol. The van der Waals surface area contributed by atoms with Crippen molar-refractivity contribution < 1.29 is 8.78 Å². The second-order valence-corrected chi connectivity index (χ2v) is 4.68. The first-order valence-electron chi connectivity index (χ1n) is 6.09. The summed E-state index contributed by atoms with van der Waals surface area (Å²) < 4.78 is 25.6. The molecule has 1 rings (SSSR count). The van der Waals surface area contributed by atoms with E-state index in [1.807, 2.05) is 13.8 Å². The van der Waals surface area contributed by atoms with E-state index >= 15 is 0 Å². The minimum Gasteiger partial charge on any atom is -0.315 e. The summed E-state index contributed by atoms with van der Waals surface area (Å²) in [6.45, 7) is 5.28. The van der Waals surface area contributed by atoms with Crippen LogP contribution in [-0.2, 0) is 6.42 Å². The molecule has 4 heteroatoms. The molecule has 0 aliphatic heterocycles. The van der Waals surface area contributed by atoms with E-state index in [0.29, 0.717) is 25.4 Å². The van der Waals surface area contributed by atoms with Crippen LogP contribution in [0.3, 0.4) is 0 Å². The monoisotopic (exact) mass is 252 g/mol. The van der Waals surface area contributed by atoms with Gasteiger partial charge in [-0.25, -0.2) is 8.78 Å². The molecule has 18 heavy (non-hydrogen) atoms. The first-order chi connectivity index (χ1) is 8.54. The Labute approximate surface area is 107 Å². The second-order valence-electron chi connectivity index (χ2n) is 4.68. The Bertz CT molecular complexity index is 424. The van der Waals surface area contributed by atoms with Gasteiger partial charge in [-0.2, -0.15) is 5.26 Å². The Morgan fingerprint density at radius 2 is 2.00 bits per heavy atom. The van der Waals surface area contributed by atoms with Crippen LogP contribution in [0.1, 0.15) is 19.4 Å². The maximum Gasteiger partial charge on any atom is 0.159 e. The van der Waals surface area contributed by atoms with Crippen molar-refractivity contribution in [2.45, 2.75) is 20.3 Å². The minimum absolute atomic E-state index is 0.0186. The Morgan fingerprint density at radius 1 is 1.28 bits per heavy atom. The molecule has 0 bridgehead atoms. The highest BCUT2D eigenvalue weighted by Gasteiger charge is 2.11. The molecule has 0 fully saturated rings. The van der Waals surface area contributed by atoms with Crippen LogP contribution in [0.4, 0.5) is 8.78 Å². The summed E-state index contributed by atoms with van der Waals surface area (Å²) in [6, 6.07) is 6.16. The number of rotatable bonds is 6. The average Bonchev–Trinajstić information content (AvgIpc) is 2.33. The normalized spacial score (nSPS) is 12.4. The third-order valence-electron chi connectivity index (χ3n) is 2.91. The van der Waals surface area contributed by atoms with Crippen molar-refractivity contribution in [3.63, 3.8) is 0 Å². The zero-order chi connectivity index (χ0) is 13.5. The largest absolute Gasteiger partial charge is 0.315 e. The highest BCUT2D eigenvalue weighted by atomic mass is 19.2. The third-order valence-corrected chi connectivity index (χ3v) is 2.91. The lowest BCUT2D eigenvalue weighted by atomic mass is 9.97. The molecule has 0 saturated carbocycles. The van der Waals surface area contributed by atoms with Gasteiger partial charge in [-0.05, 0) is 36.6 Å². The van der Waals surface area contributed by atoms with Gasteiger partial charge in [0.25, 0.3) is 0 Å². The molecule has 2 nitrogen and oxygen atoms in total. The highest BCUT2D eigenvalue weighted by Crippen LogP contribution is 2.10. The second kappa shape index (κ2) is 7.07. The van der Waals surface area contributed by atoms with Crippen LogP contribution in [0, 0.1) is 34.8 Å². The predicted molar refractivity (Wildman–Crippen MR) is 66.9 cm³/mol. The standard InChI is InChI=1S/C14H18F2N2/c1-10(2)12(8-17)9-18-6-5-11-3-4-13(15)14(16)7-11/h3-4,7,10,12,18H,5-6,9H2,1-2H3. The van der Waals surface area contributed by atoms with E-state index in [2.05, 4.69) is 11.4 Å². The molecule has 0 aromatic heterocycles. The Morgan fingerprint density at radius 3 is 2.56 bits per heavy atom. The van der Waals surface area contributed by atoms with Gasteiger partial charge < -0.3 is 5.32 Å². The van der Waals surface area contributed by atoms with Crippen LogP contribution < -0.4 is 5.32 Å². The molecule has 0 aliphatic carbocycles. The summed E-state index contributed by atoms with van der Waals surface area (Å²) in [6.07, 6.45) is 0.618. The number of nitriles is 1. The van der Waals surface area contributed by atoms with Crippen molar-refractivity contribution in [3.05, 3.63) is 35.4 Å². The van der Waals surface area contributed by atoms with Gasteiger partial charge in [-0.3, -0.25) is 0 Å². The molecular weight excluding hydrogens is 234 g/mol. The molecule has 1 unspecified atom stereocenters. The van der Waals surface area contributed by atoms with Crippen molar-refractivity contribution in [1.29, 1.82) is 5.26 Å². The van der Waals surface area contributed by atoms with Crippen molar-refractivity contribution >= 4 is 0 Å². The lowest BCUT2D eigenvalue weighted by molar-refractivity contribution is 0.443. The number of hydrogen-bond acceptors (Lipinski definition) is 2. The zero-order valence-electron chi connectivity index (χ0n) is 10.7. The molecule has 0 amide bonds. The summed E-state index contributed by atoms with van der Waals surface area (Å²) in [4.78, 5) is 0. The Kier molecular flexibility index (Phi) is 5.73. The van der Waals surface area contributed by atoms with Crippen molar-refractivity contribution in [3.8, 4) is 6.07 Å². The SMILES string of the molecule is CC(C)C(C#N)CNCCc1ccc(F)c(F)c1. The first-order valence-corrected chi connectivity index (χ1v) is 6.09. The molecule has 1 N–H and O–H groups in total. The molecule has 1 aromatic carbocycles. The Balaban J connectivity index is 2.34. The lowest BCUT2D eigenvalue weighted by Gasteiger charge is -2.13. The van der Waals surface area contributed by atoms with E-state index in [-0.39, 0.29) is 5.92 Å². The van der Waals surface area contributed by atoms with Gasteiger partial charge in [0, 0.05) is 6.54 Å². The molecular formula is C14H18F2N2. The third kappa shape index (κ3) is 4.42. The summed E-state index contributed by atoms with van der Waals surface area (Å²) in [7, 11) is 0. The van der Waals surface area contributed by atoms with Crippen LogP contribution in [-0.4, -0.2) is 13.1 Å². The highest BCUT2D eigenvalue weighted by molar-refractivity contribution is 5.18. The number of nitrogens with one attached hydrogen (secondary N) is 1. The maximum atomic E-state index is 12.9. The van der Waals surface area contributed by atoms with Crippen molar-refractivity contribution in [2.24, 2.45) is 11.8 Å². The molecule has 0 aliphatic rings. The molecule has 0 radical (unpaired) electrons. The first kappa shape index (κ1) is 14.6. The van der Waals surface area contributed by atoms with Gasteiger partial charge in [0.2, 0.25) is 0 Å². The molecule has 98 valence electrons. The lowest BCUT2D eigenvalue weighted by Crippen LogP contribution is -2.27. The molecule has 0 saturated heterocycles. The van der Waals surface area contributed by atoms with Crippen LogP contribution >= 0.6 is 0 Å². The van der Waals surface area contributed by atoms with Crippen molar-refractivity contribution in [2.75, 3.05) is 13.1 Å². The van der Waals surface area contributed by atoms with Crippen LogP contribution in [0.5, 0.6) is 0 Å².